The van der Waals surface area contributed by atoms with Crippen LogP contribution in [-0.4, -0.2) is 22.5 Å². The van der Waals surface area contributed by atoms with Gasteiger partial charge in [0.05, 0.1) is 12.5 Å². The summed E-state index contributed by atoms with van der Waals surface area (Å²) >= 11 is 5.82. The minimum Gasteiger partial charge on any atom is -0.319 e. The summed E-state index contributed by atoms with van der Waals surface area (Å²) in [5, 5.41) is 12.2. The molecule has 1 aromatic heterocycles. The minimum atomic E-state index is -0.263. The molecule has 6 heteroatoms. The maximum Gasteiger partial charge on any atom is 0.322 e. The molecule has 0 saturated heterocycles. The number of amides is 2. The van der Waals surface area contributed by atoms with Crippen molar-refractivity contribution in [3.05, 3.63) is 59.4 Å². The second-order valence-corrected chi connectivity index (χ2v) is 5.06. The van der Waals surface area contributed by atoms with Gasteiger partial charge >= 0.3 is 6.03 Å². The number of anilines is 1. The van der Waals surface area contributed by atoms with Gasteiger partial charge in [0, 0.05) is 36.2 Å². The summed E-state index contributed by atoms with van der Waals surface area (Å²) in [4.78, 5) is 18.0. The van der Waals surface area contributed by atoms with Crippen molar-refractivity contribution in [3.8, 4) is 6.07 Å². The highest BCUT2D eigenvalue weighted by molar-refractivity contribution is 6.30. The fourth-order valence-corrected chi connectivity index (χ4v) is 2.01. The number of nitrogens with zero attached hydrogens (tertiary/aromatic N) is 3. The van der Waals surface area contributed by atoms with Crippen LogP contribution >= 0.6 is 11.6 Å². The molecule has 0 unspecified atom stereocenters. The standard InChI is InChI=1S/C16H15ClN4O/c17-14-4-6-15(7-5-14)20-16(22)21(10-2-8-18)12-13-3-1-9-19-11-13/h1,3-7,9,11H,2,10,12H2,(H,20,22). The van der Waals surface area contributed by atoms with Gasteiger partial charge in [-0.1, -0.05) is 17.7 Å². The van der Waals surface area contributed by atoms with Crippen molar-refractivity contribution >= 4 is 23.3 Å². The minimum absolute atomic E-state index is 0.263. The third-order valence-corrected chi connectivity index (χ3v) is 3.22. The lowest BCUT2D eigenvalue weighted by Crippen LogP contribution is -2.35. The maximum absolute atomic E-state index is 12.4. The Morgan fingerprint density at radius 1 is 1.32 bits per heavy atom. The SMILES string of the molecule is N#CCCN(Cc1cccnc1)C(=O)Nc1ccc(Cl)cc1. The van der Waals surface area contributed by atoms with Crippen molar-refractivity contribution in [2.75, 3.05) is 11.9 Å². The summed E-state index contributed by atoms with van der Waals surface area (Å²) in [5.74, 6) is 0. The summed E-state index contributed by atoms with van der Waals surface area (Å²) in [6, 6.07) is 12.4. The molecule has 0 aliphatic heterocycles. The van der Waals surface area contributed by atoms with Crippen molar-refractivity contribution in [2.45, 2.75) is 13.0 Å². The summed E-state index contributed by atoms with van der Waals surface area (Å²) < 4.78 is 0. The van der Waals surface area contributed by atoms with E-state index in [-0.39, 0.29) is 12.5 Å². The first-order valence-corrected chi connectivity index (χ1v) is 7.14. The van der Waals surface area contributed by atoms with E-state index in [9.17, 15) is 4.79 Å². The molecular formula is C16H15ClN4O. The molecule has 0 spiro atoms. The zero-order valence-corrected chi connectivity index (χ0v) is 12.6. The Labute approximate surface area is 134 Å². The molecule has 0 fully saturated rings. The fraction of sp³-hybridized carbons (Fsp3) is 0.188. The molecule has 0 bridgehead atoms. The lowest BCUT2D eigenvalue weighted by molar-refractivity contribution is 0.210. The first-order chi connectivity index (χ1) is 10.7. The highest BCUT2D eigenvalue weighted by atomic mass is 35.5. The van der Waals surface area contributed by atoms with Crippen LogP contribution in [0.2, 0.25) is 5.02 Å². The van der Waals surface area contributed by atoms with Gasteiger partial charge in [-0.25, -0.2) is 4.79 Å². The molecular weight excluding hydrogens is 300 g/mol. The van der Waals surface area contributed by atoms with Crippen molar-refractivity contribution in [3.63, 3.8) is 0 Å². The van der Waals surface area contributed by atoms with E-state index in [1.54, 1.807) is 41.6 Å². The van der Waals surface area contributed by atoms with E-state index in [2.05, 4.69) is 16.4 Å². The van der Waals surface area contributed by atoms with Crippen LogP contribution in [0.15, 0.2) is 48.8 Å². The Hall–Kier alpha value is -2.58. The topological polar surface area (TPSA) is 69.0 Å². The summed E-state index contributed by atoms with van der Waals surface area (Å²) in [6.07, 6.45) is 3.65. The second-order valence-electron chi connectivity index (χ2n) is 4.63. The molecule has 0 aliphatic rings. The number of carbonyl (C=O) groups excluding carboxylic acids is 1. The fourth-order valence-electron chi connectivity index (χ4n) is 1.89. The Bertz CT molecular complexity index is 652. The molecule has 2 rings (SSSR count). The van der Waals surface area contributed by atoms with E-state index >= 15 is 0 Å². The number of urea groups is 1. The molecule has 2 amide bonds. The Kier molecular flexibility index (Phi) is 5.75. The van der Waals surface area contributed by atoms with Gasteiger partial charge in [-0.3, -0.25) is 4.98 Å². The smallest absolute Gasteiger partial charge is 0.319 e. The van der Waals surface area contributed by atoms with Crippen LogP contribution in [0.3, 0.4) is 0 Å². The molecule has 1 aromatic carbocycles. The molecule has 2 aromatic rings. The largest absolute Gasteiger partial charge is 0.322 e. The molecule has 0 radical (unpaired) electrons. The molecule has 1 heterocycles. The lowest BCUT2D eigenvalue weighted by atomic mass is 10.2. The zero-order valence-electron chi connectivity index (χ0n) is 11.9. The van der Waals surface area contributed by atoms with Crippen LogP contribution in [0, 0.1) is 11.3 Å². The predicted molar refractivity (Wildman–Crippen MR) is 85.3 cm³/mol. The number of nitriles is 1. The normalized spacial score (nSPS) is 9.82. The van der Waals surface area contributed by atoms with Crippen LogP contribution in [-0.2, 0) is 6.54 Å². The van der Waals surface area contributed by atoms with E-state index in [1.807, 2.05) is 12.1 Å². The highest BCUT2D eigenvalue weighted by Gasteiger charge is 2.14. The predicted octanol–water partition coefficient (Wildman–Crippen LogP) is 3.68. The average Bonchev–Trinajstić information content (AvgIpc) is 2.54. The van der Waals surface area contributed by atoms with Crippen LogP contribution in [0.25, 0.3) is 0 Å². The Morgan fingerprint density at radius 3 is 2.73 bits per heavy atom. The van der Waals surface area contributed by atoms with Crippen LogP contribution in [0.4, 0.5) is 10.5 Å². The molecule has 112 valence electrons. The monoisotopic (exact) mass is 314 g/mol. The first-order valence-electron chi connectivity index (χ1n) is 6.76. The van der Waals surface area contributed by atoms with Gasteiger partial charge in [0.1, 0.15) is 0 Å². The van der Waals surface area contributed by atoms with Gasteiger partial charge in [-0.05, 0) is 35.9 Å². The number of hydrogen-bond acceptors (Lipinski definition) is 3. The number of benzene rings is 1. The Balaban J connectivity index is 2.05. The van der Waals surface area contributed by atoms with Gasteiger partial charge in [0.2, 0.25) is 0 Å². The molecule has 0 aliphatic carbocycles. The molecule has 0 saturated carbocycles. The van der Waals surface area contributed by atoms with Crippen molar-refractivity contribution in [1.82, 2.24) is 9.88 Å². The Morgan fingerprint density at radius 2 is 2.09 bits per heavy atom. The molecule has 5 nitrogen and oxygen atoms in total. The highest BCUT2D eigenvalue weighted by Crippen LogP contribution is 2.14. The van der Waals surface area contributed by atoms with Crippen LogP contribution < -0.4 is 5.32 Å². The van der Waals surface area contributed by atoms with Gasteiger partial charge < -0.3 is 10.2 Å². The number of carbonyl (C=O) groups is 1. The van der Waals surface area contributed by atoms with Crippen molar-refractivity contribution in [1.29, 1.82) is 5.26 Å². The van der Waals surface area contributed by atoms with Crippen LogP contribution in [0.5, 0.6) is 0 Å². The number of pyridine rings is 1. The summed E-state index contributed by atoms with van der Waals surface area (Å²) in [6.45, 7) is 0.750. The summed E-state index contributed by atoms with van der Waals surface area (Å²) in [5.41, 5.74) is 1.56. The quantitative estimate of drug-likeness (QED) is 0.915. The zero-order chi connectivity index (χ0) is 15.8. The molecule has 1 N–H and O–H groups in total. The molecule has 22 heavy (non-hydrogen) atoms. The first kappa shape index (κ1) is 15.8. The van der Waals surface area contributed by atoms with Gasteiger partial charge in [-0.2, -0.15) is 5.26 Å². The van der Waals surface area contributed by atoms with E-state index < -0.39 is 0 Å². The number of rotatable bonds is 5. The van der Waals surface area contributed by atoms with Gasteiger partial charge in [0.25, 0.3) is 0 Å². The van der Waals surface area contributed by atoms with Crippen molar-refractivity contribution < 1.29 is 4.79 Å². The maximum atomic E-state index is 12.4. The third kappa shape index (κ3) is 4.76. The lowest BCUT2D eigenvalue weighted by Gasteiger charge is -2.22. The summed E-state index contributed by atoms with van der Waals surface area (Å²) in [7, 11) is 0. The number of hydrogen-bond donors (Lipinski definition) is 1. The third-order valence-electron chi connectivity index (χ3n) is 2.97. The van der Waals surface area contributed by atoms with E-state index in [1.165, 1.54) is 0 Å². The molecule has 0 atom stereocenters. The second kappa shape index (κ2) is 8.01. The number of aromatic nitrogens is 1. The van der Waals surface area contributed by atoms with E-state index in [0.29, 0.717) is 23.8 Å². The van der Waals surface area contributed by atoms with Crippen LogP contribution in [0.1, 0.15) is 12.0 Å². The van der Waals surface area contributed by atoms with Crippen molar-refractivity contribution in [2.24, 2.45) is 0 Å². The van der Waals surface area contributed by atoms with E-state index in [4.69, 9.17) is 16.9 Å². The number of halogens is 1. The van der Waals surface area contributed by atoms with Gasteiger partial charge in [0.15, 0.2) is 0 Å². The number of nitrogens with one attached hydrogen (secondary N) is 1. The van der Waals surface area contributed by atoms with Gasteiger partial charge in [-0.15, -0.1) is 0 Å². The van der Waals surface area contributed by atoms with E-state index in [0.717, 1.165) is 5.56 Å². The average molecular weight is 315 g/mol.